The smallest absolute Gasteiger partial charge is 0.113 e. The van der Waals surface area contributed by atoms with Crippen molar-refractivity contribution >= 4 is 16.7 Å². The lowest BCUT2D eigenvalue weighted by Gasteiger charge is -2.19. The van der Waals surface area contributed by atoms with Gasteiger partial charge in [0, 0.05) is 31.9 Å². The van der Waals surface area contributed by atoms with Gasteiger partial charge in [-0.3, -0.25) is 0 Å². The SMILES string of the molecule is c1ccc2c(c1)nnn2-c1cc2c3c(c1)CNCCN3CC2. The molecule has 0 spiro atoms. The molecular formula is C17H17N5. The van der Waals surface area contributed by atoms with Gasteiger partial charge >= 0.3 is 0 Å². The van der Waals surface area contributed by atoms with Crippen LogP contribution < -0.4 is 10.2 Å². The van der Waals surface area contributed by atoms with Crippen molar-refractivity contribution in [1.82, 2.24) is 20.3 Å². The molecule has 0 amide bonds. The van der Waals surface area contributed by atoms with Crippen molar-refractivity contribution in [3.63, 3.8) is 0 Å². The fraction of sp³-hybridized carbons (Fsp3) is 0.294. The lowest BCUT2D eigenvalue weighted by Crippen LogP contribution is -2.27. The summed E-state index contributed by atoms with van der Waals surface area (Å²) >= 11 is 0. The molecule has 0 fully saturated rings. The van der Waals surface area contributed by atoms with Crippen molar-refractivity contribution in [2.75, 3.05) is 24.5 Å². The fourth-order valence-electron chi connectivity index (χ4n) is 3.68. The highest BCUT2D eigenvalue weighted by Crippen LogP contribution is 2.35. The van der Waals surface area contributed by atoms with E-state index in [1.807, 2.05) is 22.9 Å². The maximum Gasteiger partial charge on any atom is 0.113 e. The summed E-state index contributed by atoms with van der Waals surface area (Å²) in [5.41, 5.74) is 7.38. The van der Waals surface area contributed by atoms with Crippen LogP contribution >= 0.6 is 0 Å². The first-order valence-electron chi connectivity index (χ1n) is 7.82. The molecule has 5 heteroatoms. The Morgan fingerprint density at radius 3 is 2.95 bits per heavy atom. The van der Waals surface area contributed by atoms with Crippen LogP contribution in [0.25, 0.3) is 16.7 Å². The Kier molecular flexibility index (Phi) is 2.52. The number of hydrogen-bond donors (Lipinski definition) is 1. The number of fused-ring (bicyclic) bond motifs is 1. The van der Waals surface area contributed by atoms with Crippen LogP contribution in [0.3, 0.4) is 0 Å². The van der Waals surface area contributed by atoms with Crippen LogP contribution in [-0.2, 0) is 13.0 Å². The van der Waals surface area contributed by atoms with E-state index in [2.05, 4.69) is 38.7 Å². The Labute approximate surface area is 128 Å². The van der Waals surface area contributed by atoms with E-state index in [0.717, 1.165) is 49.3 Å². The Morgan fingerprint density at radius 1 is 1.05 bits per heavy atom. The minimum Gasteiger partial charge on any atom is -0.369 e. The number of nitrogens with zero attached hydrogens (tertiary/aromatic N) is 4. The van der Waals surface area contributed by atoms with Crippen molar-refractivity contribution in [3.8, 4) is 5.69 Å². The van der Waals surface area contributed by atoms with Gasteiger partial charge in [0.25, 0.3) is 0 Å². The van der Waals surface area contributed by atoms with Gasteiger partial charge < -0.3 is 10.2 Å². The molecule has 22 heavy (non-hydrogen) atoms. The van der Waals surface area contributed by atoms with Gasteiger partial charge in [-0.1, -0.05) is 17.3 Å². The number of hydrogen-bond acceptors (Lipinski definition) is 4. The molecular weight excluding hydrogens is 274 g/mol. The molecule has 2 aromatic carbocycles. The average Bonchev–Trinajstić information content (AvgIpc) is 3.09. The topological polar surface area (TPSA) is 46.0 Å². The summed E-state index contributed by atoms with van der Waals surface area (Å²) in [7, 11) is 0. The lowest BCUT2D eigenvalue weighted by molar-refractivity contribution is 0.692. The Balaban J connectivity index is 1.72. The van der Waals surface area contributed by atoms with Gasteiger partial charge in [-0.25, -0.2) is 4.68 Å². The predicted octanol–water partition coefficient (Wildman–Crippen LogP) is 1.89. The van der Waals surface area contributed by atoms with Gasteiger partial charge in [-0.05, 0) is 41.8 Å². The van der Waals surface area contributed by atoms with Crippen molar-refractivity contribution in [2.45, 2.75) is 13.0 Å². The summed E-state index contributed by atoms with van der Waals surface area (Å²) in [4.78, 5) is 2.51. The van der Waals surface area contributed by atoms with Gasteiger partial charge in [-0.2, -0.15) is 0 Å². The zero-order chi connectivity index (χ0) is 14.5. The number of benzene rings is 2. The van der Waals surface area contributed by atoms with Crippen LogP contribution in [0.1, 0.15) is 11.1 Å². The number of aromatic nitrogens is 3. The van der Waals surface area contributed by atoms with Crippen molar-refractivity contribution in [2.24, 2.45) is 0 Å². The molecule has 5 rings (SSSR count). The second kappa shape index (κ2) is 4.55. The second-order valence-corrected chi connectivity index (χ2v) is 6.02. The molecule has 2 aliphatic heterocycles. The first-order valence-corrected chi connectivity index (χ1v) is 7.82. The summed E-state index contributed by atoms with van der Waals surface area (Å²) in [5, 5.41) is 12.2. The highest BCUT2D eigenvalue weighted by atomic mass is 15.4. The van der Waals surface area contributed by atoms with Crippen LogP contribution in [0.2, 0.25) is 0 Å². The van der Waals surface area contributed by atoms with E-state index in [1.165, 1.54) is 16.8 Å². The van der Waals surface area contributed by atoms with Crippen molar-refractivity contribution in [3.05, 3.63) is 47.5 Å². The Hall–Kier alpha value is -2.40. The maximum absolute atomic E-state index is 4.36. The first-order chi connectivity index (χ1) is 10.9. The van der Waals surface area contributed by atoms with Crippen LogP contribution in [0.5, 0.6) is 0 Å². The Bertz CT molecular complexity index is 867. The van der Waals surface area contributed by atoms with Crippen LogP contribution in [0, 0.1) is 0 Å². The molecule has 0 radical (unpaired) electrons. The highest BCUT2D eigenvalue weighted by molar-refractivity contribution is 5.77. The fourth-order valence-corrected chi connectivity index (χ4v) is 3.68. The number of anilines is 1. The number of para-hydroxylation sites is 1. The largest absolute Gasteiger partial charge is 0.369 e. The molecule has 0 bridgehead atoms. The van der Waals surface area contributed by atoms with Crippen molar-refractivity contribution in [1.29, 1.82) is 0 Å². The predicted molar refractivity (Wildman–Crippen MR) is 86.5 cm³/mol. The van der Waals surface area contributed by atoms with E-state index < -0.39 is 0 Å². The van der Waals surface area contributed by atoms with E-state index in [9.17, 15) is 0 Å². The molecule has 5 nitrogen and oxygen atoms in total. The highest BCUT2D eigenvalue weighted by Gasteiger charge is 2.25. The monoisotopic (exact) mass is 291 g/mol. The third kappa shape index (κ3) is 1.69. The minimum absolute atomic E-state index is 0.930. The molecule has 1 N–H and O–H groups in total. The minimum atomic E-state index is 0.930. The van der Waals surface area contributed by atoms with Crippen molar-refractivity contribution < 1.29 is 0 Å². The number of nitrogens with one attached hydrogen (secondary N) is 1. The second-order valence-electron chi connectivity index (χ2n) is 6.02. The summed E-state index contributed by atoms with van der Waals surface area (Å²) in [6.45, 7) is 4.21. The van der Waals surface area contributed by atoms with E-state index in [1.54, 1.807) is 0 Å². The molecule has 0 saturated carbocycles. The lowest BCUT2D eigenvalue weighted by atomic mass is 10.1. The summed E-state index contributed by atoms with van der Waals surface area (Å²) in [5.74, 6) is 0. The maximum atomic E-state index is 4.36. The van der Waals surface area contributed by atoms with Gasteiger partial charge in [0.2, 0.25) is 0 Å². The standard InChI is InChI=1S/C17H17N5/c1-2-4-16-15(3-1)19-20-22(16)14-9-12-5-7-21-8-6-18-11-13(10-14)17(12)21/h1-4,9-10,18H,5-8,11H2. The molecule has 3 heterocycles. The number of rotatable bonds is 1. The van der Waals surface area contributed by atoms with Crippen LogP contribution in [0.15, 0.2) is 36.4 Å². The van der Waals surface area contributed by atoms with Gasteiger partial charge in [0.15, 0.2) is 0 Å². The molecule has 0 aliphatic carbocycles. The normalized spacial score (nSPS) is 16.8. The average molecular weight is 291 g/mol. The zero-order valence-corrected chi connectivity index (χ0v) is 12.3. The van der Waals surface area contributed by atoms with E-state index in [0.29, 0.717) is 0 Å². The molecule has 1 aromatic heterocycles. The summed E-state index contributed by atoms with van der Waals surface area (Å²) in [6, 6.07) is 12.7. The van der Waals surface area contributed by atoms with Gasteiger partial charge in [0.1, 0.15) is 5.52 Å². The Morgan fingerprint density at radius 2 is 1.95 bits per heavy atom. The quantitative estimate of drug-likeness (QED) is 0.743. The zero-order valence-electron chi connectivity index (χ0n) is 12.3. The first kappa shape index (κ1) is 12.2. The summed E-state index contributed by atoms with van der Waals surface area (Å²) in [6.07, 6.45) is 1.13. The van der Waals surface area contributed by atoms with Crippen LogP contribution in [0.4, 0.5) is 5.69 Å². The van der Waals surface area contributed by atoms with E-state index in [4.69, 9.17) is 0 Å². The van der Waals surface area contributed by atoms with Gasteiger partial charge in [0.05, 0.1) is 11.2 Å². The summed E-state index contributed by atoms with van der Waals surface area (Å²) < 4.78 is 1.96. The van der Waals surface area contributed by atoms with Gasteiger partial charge in [-0.15, -0.1) is 5.10 Å². The molecule has 0 unspecified atom stereocenters. The third-order valence-corrected chi connectivity index (χ3v) is 4.69. The third-order valence-electron chi connectivity index (χ3n) is 4.69. The van der Waals surface area contributed by atoms with E-state index >= 15 is 0 Å². The molecule has 2 aliphatic rings. The molecule has 110 valence electrons. The van der Waals surface area contributed by atoms with Crippen LogP contribution in [-0.4, -0.2) is 34.6 Å². The molecule has 3 aromatic rings. The molecule has 0 atom stereocenters. The van der Waals surface area contributed by atoms with E-state index in [-0.39, 0.29) is 0 Å². The molecule has 0 saturated heterocycles.